The van der Waals surface area contributed by atoms with Crippen molar-refractivity contribution in [1.82, 2.24) is 5.32 Å². The fourth-order valence-electron chi connectivity index (χ4n) is 2.39. The van der Waals surface area contributed by atoms with Crippen LogP contribution in [0.2, 0.25) is 0 Å². The van der Waals surface area contributed by atoms with Crippen LogP contribution in [0.15, 0.2) is 48.5 Å². The standard InChI is InChI=1S/C17H10F3NO2/c18-17(19,20)11-5-3-4-10(8-11)9-14-12-6-1-2-7-13(12)15(22)21-16(14)23/h1-9H,(H,21,22,23)/b14-9-. The lowest BCUT2D eigenvalue weighted by molar-refractivity contribution is -0.137. The van der Waals surface area contributed by atoms with E-state index in [1.165, 1.54) is 18.2 Å². The Kier molecular flexibility index (Phi) is 3.52. The van der Waals surface area contributed by atoms with Gasteiger partial charge in [0.05, 0.1) is 5.56 Å². The molecule has 3 rings (SSSR count). The minimum atomic E-state index is -4.46. The van der Waals surface area contributed by atoms with Crippen molar-refractivity contribution in [2.45, 2.75) is 6.18 Å². The zero-order valence-electron chi connectivity index (χ0n) is 11.6. The van der Waals surface area contributed by atoms with Gasteiger partial charge in [-0.2, -0.15) is 13.2 Å². The van der Waals surface area contributed by atoms with Gasteiger partial charge in [0.1, 0.15) is 0 Å². The maximum Gasteiger partial charge on any atom is 0.416 e. The molecule has 0 fully saturated rings. The van der Waals surface area contributed by atoms with E-state index in [-0.39, 0.29) is 11.1 Å². The van der Waals surface area contributed by atoms with Crippen LogP contribution in [0.4, 0.5) is 13.2 Å². The van der Waals surface area contributed by atoms with Gasteiger partial charge < -0.3 is 0 Å². The summed E-state index contributed by atoms with van der Waals surface area (Å²) < 4.78 is 38.3. The second-order valence-corrected chi connectivity index (χ2v) is 5.01. The van der Waals surface area contributed by atoms with Gasteiger partial charge in [0.25, 0.3) is 11.8 Å². The van der Waals surface area contributed by atoms with E-state index in [2.05, 4.69) is 5.32 Å². The molecule has 0 aromatic heterocycles. The van der Waals surface area contributed by atoms with Gasteiger partial charge in [0, 0.05) is 11.1 Å². The van der Waals surface area contributed by atoms with Crippen LogP contribution in [0.1, 0.15) is 27.0 Å². The smallest absolute Gasteiger partial charge is 0.288 e. The highest BCUT2D eigenvalue weighted by molar-refractivity contribution is 6.33. The second-order valence-electron chi connectivity index (χ2n) is 5.01. The average molecular weight is 317 g/mol. The molecule has 1 aliphatic heterocycles. The predicted molar refractivity (Wildman–Crippen MR) is 78.2 cm³/mol. The van der Waals surface area contributed by atoms with Crippen molar-refractivity contribution in [3.63, 3.8) is 0 Å². The van der Waals surface area contributed by atoms with Crippen LogP contribution in [0.5, 0.6) is 0 Å². The molecule has 3 nitrogen and oxygen atoms in total. The average Bonchev–Trinajstić information content (AvgIpc) is 2.51. The number of carbonyl (C=O) groups excluding carboxylic acids is 2. The molecule has 0 bridgehead atoms. The summed E-state index contributed by atoms with van der Waals surface area (Å²) >= 11 is 0. The van der Waals surface area contributed by atoms with Gasteiger partial charge in [0.15, 0.2) is 0 Å². The molecule has 1 aliphatic rings. The third kappa shape index (κ3) is 2.88. The summed E-state index contributed by atoms with van der Waals surface area (Å²) in [6, 6.07) is 11.1. The molecule has 0 atom stereocenters. The summed E-state index contributed by atoms with van der Waals surface area (Å²) in [5.74, 6) is -1.15. The normalized spacial score (nSPS) is 16.2. The van der Waals surface area contributed by atoms with Crippen molar-refractivity contribution in [1.29, 1.82) is 0 Å². The second kappa shape index (κ2) is 5.39. The molecule has 2 aromatic rings. The highest BCUT2D eigenvalue weighted by Crippen LogP contribution is 2.31. The molecule has 0 unspecified atom stereocenters. The molecule has 0 spiro atoms. The van der Waals surface area contributed by atoms with Crippen LogP contribution in [0.3, 0.4) is 0 Å². The number of amides is 2. The zero-order chi connectivity index (χ0) is 16.6. The van der Waals surface area contributed by atoms with Crippen LogP contribution in [-0.2, 0) is 11.0 Å². The zero-order valence-corrected chi connectivity index (χ0v) is 11.6. The Morgan fingerprint density at radius 1 is 0.870 bits per heavy atom. The van der Waals surface area contributed by atoms with Crippen LogP contribution in [0, 0.1) is 0 Å². The molecule has 23 heavy (non-hydrogen) atoms. The first-order valence-corrected chi connectivity index (χ1v) is 6.70. The van der Waals surface area contributed by atoms with Gasteiger partial charge in [-0.1, -0.05) is 30.3 Å². The van der Waals surface area contributed by atoms with Gasteiger partial charge in [-0.15, -0.1) is 0 Å². The highest BCUT2D eigenvalue weighted by Gasteiger charge is 2.31. The molecule has 2 aromatic carbocycles. The third-order valence-electron chi connectivity index (χ3n) is 3.46. The number of imide groups is 1. The first-order valence-electron chi connectivity index (χ1n) is 6.70. The van der Waals surface area contributed by atoms with E-state index in [1.54, 1.807) is 24.3 Å². The lowest BCUT2D eigenvalue weighted by atomic mass is 9.93. The molecular weight excluding hydrogens is 307 g/mol. The number of carbonyl (C=O) groups is 2. The maximum atomic E-state index is 12.8. The van der Waals surface area contributed by atoms with Crippen LogP contribution < -0.4 is 5.32 Å². The van der Waals surface area contributed by atoms with Gasteiger partial charge in [-0.05, 0) is 35.4 Å². The van der Waals surface area contributed by atoms with Crippen LogP contribution >= 0.6 is 0 Å². The summed E-state index contributed by atoms with van der Waals surface area (Å²) in [6.45, 7) is 0. The minimum Gasteiger partial charge on any atom is -0.288 e. The Labute approximate surface area is 129 Å². The molecule has 116 valence electrons. The van der Waals surface area contributed by atoms with E-state index >= 15 is 0 Å². The summed E-state index contributed by atoms with van der Waals surface area (Å²) in [6.07, 6.45) is -3.12. The minimum absolute atomic E-state index is 0.152. The van der Waals surface area contributed by atoms with Crippen molar-refractivity contribution < 1.29 is 22.8 Å². The number of fused-ring (bicyclic) bond motifs is 1. The van der Waals surface area contributed by atoms with Crippen LogP contribution in [-0.4, -0.2) is 11.8 Å². The number of halogens is 3. The van der Waals surface area contributed by atoms with Crippen molar-refractivity contribution >= 4 is 23.5 Å². The fraction of sp³-hybridized carbons (Fsp3) is 0.0588. The number of benzene rings is 2. The predicted octanol–water partition coefficient (Wildman–Crippen LogP) is 3.52. The van der Waals surface area contributed by atoms with Gasteiger partial charge >= 0.3 is 6.18 Å². The summed E-state index contributed by atoms with van der Waals surface area (Å²) in [4.78, 5) is 23.8. The highest BCUT2D eigenvalue weighted by atomic mass is 19.4. The Hall–Kier alpha value is -2.89. The number of hydrogen-bond acceptors (Lipinski definition) is 2. The molecule has 1 N–H and O–H groups in total. The number of alkyl halides is 3. The maximum absolute atomic E-state index is 12.8. The Bertz CT molecular complexity index is 838. The molecule has 6 heteroatoms. The third-order valence-corrected chi connectivity index (χ3v) is 3.46. The van der Waals surface area contributed by atoms with Gasteiger partial charge in [0.2, 0.25) is 0 Å². The van der Waals surface area contributed by atoms with Crippen molar-refractivity contribution in [2.24, 2.45) is 0 Å². The largest absolute Gasteiger partial charge is 0.416 e. The van der Waals surface area contributed by atoms with E-state index in [9.17, 15) is 22.8 Å². The van der Waals surface area contributed by atoms with Crippen molar-refractivity contribution in [3.05, 3.63) is 70.8 Å². The molecule has 0 aliphatic carbocycles. The number of hydrogen-bond donors (Lipinski definition) is 1. The van der Waals surface area contributed by atoms with E-state index in [1.807, 2.05) is 0 Å². The monoisotopic (exact) mass is 317 g/mol. The number of nitrogens with one attached hydrogen (secondary N) is 1. The molecular formula is C17H10F3NO2. The Morgan fingerprint density at radius 2 is 1.57 bits per heavy atom. The summed E-state index contributed by atoms with van der Waals surface area (Å²) in [7, 11) is 0. The fourth-order valence-corrected chi connectivity index (χ4v) is 2.39. The summed E-state index contributed by atoms with van der Waals surface area (Å²) in [5, 5.41) is 2.18. The Balaban J connectivity index is 2.11. The molecule has 0 saturated carbocycles. The number of rotatable bonds is 1. The van der Waals surface area contributed by atoms with Crippen molar-refractivity contribution in [2.75, 3.05) is 0 Å². The van der Waals surface area contributed by atoms with E-state index in [4.69, 9.17) is 0 Å². The SMILES string of the molecule is O=C1NC(=O)c2ccccc2/C1=C/c1cccc(C(F)(F)F)c1. The lowest BCUT2D eigenvalue weighted by Crippen LogP contribution is -2.36. The molecule has 2 amide bonds. The molecule has 0 saturated heterocycles. The Morgan fingerprint density at radius 3 is 2.26 bits per heavy atom. The lowest BCUT2D eigenvalue weighted by Gasteiger charge is -2.18. The van der Waals surface area contributed by atoms with E-state index in [0.717, 1.165) is 12.1 Å². The van der Waals surface area contributed by atoms with Gasteiger partial charge in [-0.25, -0.2) is 0 Å². The molecule has 1 heterocycles. The topological polar surface area (TPSA) is 46.2 Å². The quantitative estimate of drug-likeness (QED) is 0.646. The first kappa shape index (κ1) is 15.0. The van der Waals surface area contributed by atoms with Gasteiger partial charge in [-0.3, -0.25) is 14.9 Å². The first-order chi connectivity index (χ1) is 10.9. The van der Waals surface area contributed by atoms with E-state index in [0.29, 0.717) is 11.1 Å². The van der Waals surface area contributed by atoms with Crippen molar-refractivity contribution in [3.8, 4) is 0 Å². The summed E-state index contributed by atoms with van der Waals surface area (Å²) in [5.41, 5.74) is 0.296. The van der Waals surface area contributed by atoms with Crippen LogP contribution in [0.25, 0.3) is 11.6 Å². The molecule has 0 radical (unpaired) electrons. The van der Waals surface area contributed by atoms with E-state index < -0.39 is 23.6 Å².